The highest BCUT2D eigenvalue weighted by atomic mass is 32.1. The Morgan fingerprint density at radius 3 is 2.62 bits per heavy atom. The molecule has 5 nitrogen and oxygen atoms in total. The number of nitrogens with one attached hydrogen (secondary N) is 2. The summed E-state index contributed by atoms with van der Waals surface area (Å²) in [4.78, 5) is 28.3. The van der Waals surface area contributed by atoms with Gasteiger partial charge in [0.1, 0.15) is 0 Å². The number of aromatic nitrogens is 1. The van der Waals surface area contributed by atoms with E-state index in [1.165, 1.54) is 11.3 Å². The molecule has 122 valence electrons. The summed E-state index contributed by atoms with van der Waals surface area (Å²) in [5, 5.41) is 6.11. The Morgan fingerprint density at radius 1 is 1.08 bits per heavy atom. The van der Waals surface area contributed by atoms with Gasteiger partial charge in [-0.1, -0.05) is 41.7 Å². The van der Waals surface area contributed by atoms with Crippen LogP contribution in [0.2, 0.25) is 0 Å². The zero-order valence-corrected chi connectivity index (χ0v) is 14.0. The molecule has 1 aromatic heterocycles. The first kappa shape index (κ1) is 16.1. The number of anilines is 1. The molecule has 0 aliphatic carbocycles. The molecule has 3 rings (SSSR count). The van der Waals surface area contributed by atoms with Crippen LogP contribution >= 0.6 is 11.3 Å². The minimum Gasteiger partial charge on any atom is -0.352 e. The number of para-hydroxylation sites is 1. The summed E-state index contributed by atoms with van der Waals surface area (Å²) in [5.74, 6) is -0.348. The maximum Gasteiger partial charge on any atom is 0.251 e. The van der Waals surface area contributed by atoms with E-state index in [1.54, 1.807) is 24.3 Å². The summed E-state index contributed by atoms with van der Waals surface area (Å²) >= 11 is 1.45. The smallest absolute Gasteiger partial charge is 0.251 e. The number of hydrogen-bond donors (Lipinski definition) is 2. The second kappa shape index (κ2) is 7.23. The van der Waals surface area contributed by atoms with E-state index in [1.807, 2.05) is 31.2 Å². The van der Waals surface area contributed by atoms with E-state index >= 15 is 0 Å². The molecule has 1 heterocycles. The van der Waals surface area contributed by atoms with Crippen molar-refractivity contribution in [2.24, 2.45) is 0 Å². The molecule has 3 aromatic rings. The number of fused-ring (bicyclic) bond motifs is 1. The molecule has 0 saturated carbocycles. The summed E-state index contributed by atoms with van der Waals surface area (Å²) in [7, 11) is 0. The van der Waals surface area contributed by atoms with Crippen molar-refractivity contribution < 1.29 is 9.59 Å². The Balaban J connectivity index is 1.52. The van der Waals surface area contributed by atoms with Gasteiger partial charge >= 0.3 is 0 Å². The molecule has 0 fully saturated rings. The summed E-state index contributed by atoms with van der Waals surface area (Å²) < 4.78 is 1.04. The fourth-order valence-electron chi connectivity index (χ4n) is 2.30. The molecule has 0 saturated heterocycles. The number of rotatable bonds is 5. The number of benzene rings is 2. The molecular formula is C18H17N3O2S. The monoisotopic (exact) mass is 339 g/mol. The summed E-state index contributed by atoms with van der Waals surface area (Å²) in [5.41, 5.74) is 2.58. The first-order valence-corrected chi connectivity index (χ1v) is 8.44. The van der Waals surface area contributed by atoms with E-state index in [9.17, 15) is 9.59 Å². The molecule has 0 unspecified atom stereocenters. The largest absolute Gasteiger partial charge is 0.352 e. The molecular weight excluding hydrogens is 322 g/mol. The molecule has 24 heavy (non-hydrogen) atoms. The van der Waals surface area contributed by atoms with Crippen LogP contribution in [0.3, 0.4) is 0 Å². The van der Waals surface area contributed by atoms with Crippen molar-refractivity contribution in [2.45, 2.75) is 13.3 Å². The highest BCUT2D eigenvalue weighted by molar-refractivity contribution is 7.22. The number of hydrogen-bond acceptors (Lipinski definition) is 4. The van der Waals surface area contributed by atoms with Crippen LogP contribution in [0.5, 0.6) is 0 Å². The van der Waals surface area contributed by atoms with Crippen molar-refractivity contribution in [3.05, 3.63) is 59.7 Å². The molecule has 6 heteroatoms. The van der Waals surface area contributed by atoms with E-state index in [0.29, 0.717) is 10.7 Å². The Kier molecular flexibility index (Phi) is 4.86. The first-order valence-electron chi connectivity index (χ1n) is 7.63. The molecule has 0 radical (unpaired) electrons. The maximum atomic E-state index is 12.0. The van der Waals surface area contributed by atoms with E-state index in [-0.39, 0.29) is 24.8 Å². The Hall–Kier alpha value is -2.73. The highest BCUT2D eigenvalue weighted by Gasteiger charge is 2.10. The zero-order chi connectivity index (χ0) is 16.9. The van der Waals surface area contributed by atoms with Crippen LogP contribution in [0.4, 0.5) is 5.13 Å². The van der Waals surface area contributed by atoms with Crippen LogP contribution in [-0.2, 0) is 4.79 Å². The Morgan fingerprint density at radius 2 is 1.88 bits per heavy atom. The second-order valence-corrected chi connectivity index (χ2v) is 6.39. The fourth-order valence-corrected chi connectivity index (χ4v) is 3.26. The van der Waals surface area contributed by atoms with Crippen molar-refractivity contribution in [3.8, 4) is 0 Å². The van der Waals surface area contributed by atoms with Gasteiger partial charge in [-0.05, 0) is 30.7 Å². The van der Waals surface area contributed by atoms with E-state index in [0.717, 1.165) is 15.8 Å². The first-order chi connectivity index (χ1) is 11.6. The lowest BCUT2D eigenvalue weighted by Gasteiger charge is -2.05. The molecule has 0 aliphatic rings. The van der Waals surface area contributed by atoms with Crippen LogP contribution < -0.4 is 10.6 Å². The van der Waals surface area contributed by atoms with Gasteiger partial charge < -0.3 is 10.6 Å². The van der Waals surface area contributed by atoms with Gasteiger partial charge in [0.2, 0.25) is 5.91 Å². The topological polar surface area (TPSA) is 71.1 Å². The minimum atomic E-state index is -0.181. The normalized spacial score (nSPS) is 10.5. The van der Waals surface area contributed by atoms with Gasteiger partial charge in [-0.25, -0.2) is 4.98 Å². The molecule has 0 atom stereocenters. The van der Waals surface area contributed by atoms with Gasteiger partial charge in [0.15, 0.2) is 5.13 Å². The van der Waals surface area contributed by atoms with Crippen molar-refractivity contribution in [1.82, 2.24) is 10.3 Å². The standard InChI is InChI=1S/C18H17N3O2S/c1-12-6-5-9-14-16(12)21-18(24-14)20-15(22)10-11-19-17(23)13-7-3-2-4-8-13/h2-9H,10-11H2,1H3,(H,19,23)(H,20,21,22). The third-order valence-corrected chi connectivity index (χ3v) is 4.48. The lowest BCUT2D eigenvalue weighted by atomic mass is 10.2. The zero-order valence-electron chi connectivity index (χ0n) is 13.2. The van der Waals surface area contributed by atoms with Gasteiger partial charge in [0.25, 0.3) is 5.91 Å². The average Bonchev–Trinajstić information content (AvgIpc) is 2.99. The van der Waals surface area contributed by atoms with Crippen molar-refractivity contribution >= 4 is 38.5 Å². The Bertz CT molecular complexity index is 874. The number of amides is 2. The molecule has 0 spiro atoms. The van der Waals surface area contributed by atoms with Crippen LogP contribution in [-0.4, -0.2) is 23.3 Å². The van der Waals surface area contributed by atoms with Gasteiger partial charge in [-0.2, -0.15) is 0 Å². The molecule has 2 N–H and O–H groups in total. The van der Waals surface area contributed by atoms with Gasteiger partial charge in [-0.3, -0.25) is 9.59 Å². The van der Waals surface area contributed by atoms with Crippen LogP contribution in [0.1, 0.15) is 22.3 Å². The minimum absolute atomic E-state index is 0.167. The third-order valence-electron chi connectivity index (χ3n) is 3.54. The predicted molar refractivity (Wildman–Crippen MR) is 96.4 cm³/mol. The van der Waals surface area contributed by atoms with Crippen LogP contribution in [0, 0.1) is 6.92 Å². The van der Waals surface area contributed by atoms with Crippen LogP contribution in [0.25, 0.3) is 10.2 Å². The lowest BCUT2D eigenvalue weighted by Crippen LogP contribution is -2.27. The summed E-state index contributed by atoms with van der Waals surface area (Å²) in [6.45, 7) is 2.27. The third kappa shape index (κ3) is 3.78. The van der Waals surface area contributed by atoms with Gasteiger partial charge in [0.05, 0.1) is 10.2 Å². The second-order valence-electron chi connectivity index (χ2n) is 5.36. The van der Waals surface area contributed by atoms with Crippen molar-refractivity contribution in [2.75, 3.05) is 11.9 Å². The highest BCUT2D eigenvalue weighted by Crippen LogP contribution is 2.27. The predicted octanol–water partition coefficient (Wildman–Crippen LogP) is 3.36. The fraction of sp³-hybridized carbons (Fsp3) is 0.167. The molecule has 2 aromatic carbocycles. The SMILES string of the molecule is Cc1cccc2sc(NC(=O)CCNC(=O)c3ccccc3)nc12. The van der Waals surface area contributed by atoms with Gasteiger partial charge in [0, 0.05) is 18.5 Å². The molecule has 0 bridgehead atoms. The lowest BCUT2D eigenvalue weighted by molar-refractivity contribution is -0.116. The van der Waals surface area contributed by atoms with Crippen molar-refractivity contribution in [3.63, 3.8) is 0 Å². The van der Waals surface area contributed by atoms with E-state index < -0.39 is 0 Å². The number of thiazole rings is 1. The van der Waals surface area contributed by atoms with Gasteiger partial charge in [-0.15, -0.1) is 0 Å². The quantitative estimate of drug-likeness (QED) is 0.749. The van der Waals surface area contributed by atoms with E-state index in [4.69, 9.17) is 0 Å². The number of aryl methyl sites for hydroxylation is 1. The molecule has 2 amide bonds. The number of carbonyl (C=O) groups excluding carboxylic acids is 2. The summed E-state index contributed by atoms with van der Waals surface area (Å²) in [6, 6.07) is 14.9. The van der Waals surface area contributed by atoms with Crippen molar-refractivity contribution in [1.29, 1.82) is 0 Å². The average molecular weight is 339 g/mol. The molecule has 0 aliphatic heterocycles. The summed E-state index contributed by atoms with van der Waals surface area (Å²) in [6.07, 6.45) is 0.202. The maximum absolute atomic E-state index is 12.0. The van der Waals surface area contributed by atoms with E-state index in [2.05, 4.69) is 15.6 Å². The Labute approximate surface area is 143 Å². The number of carbonyl (C=O) groups is 2. The number of nitrogens with zero attached hydrogens (tertiary/aromatic N) is 1. The van der Waals surface area contributed by atoms with Crippen LogP contribution in [0.15, 0.2) is 48.5 Å².